The van der Waals surface area contributed by atoms with Crippen molar-refractivity contribution in [2.75, 3.05) is 19.8 Å². The van der Waals surface area contributed by atoms with Crippen LogP contribution >= 0.6 is 0 Å². The predicted molar refractivity (Wildman–Crippen MR) is 89.8 cm³/mol. The minimum absolute atomic E-state index is 0.192. The Balaban J connectivity index is 1.60. The number of aliphatic carboxylic acids is 1. The number of carboxylic acids is 1. The van der Waals surface area contributed by atoms with E-state index in [0.29, 0.717) is 25.5 Å². The summed E-state index contributed by atoms with van der Waals surface area (Å²) in [5.41, 5.74) is 1.52. The van der Waals surface area contributed by atoms with E-state index >= 15 is 0 Å². The van der Waals surface area contributed by atoms with Crippen molar-refractivity contribution >= 4 is 11.7 Å². The molecule has 0 unspecified atom stereocenters. The van der Waals surface area contributed by atoms with Gasteiger partial charge in [0.05, 0.1) is 18.9 Å². The van der Waals surface area contributed by atoms with Crippen LogP contribution in [-0.2, 0) is 19.1 Å². The summed E-state index contributed by atoms with van der Waals surface area (Å²) < 4.78 is 23.5. The number of unbranched alkanes of at least 4 members (excludes halogenated alkanes) is 1. The highest BCUT2D eigenvalue weighted by molar-refractivity contribution is 5.98. The van der Waals surface area contributed by atoms with E-state index in [0.717, 1.165) is 24.8 Å². The number of hydrogen-bond acceptors (Lipinski definition) is 5. The number of rotatable bonds is 8. The number of nitrogens with zero attached hydrogens (tertiary/aromatic N) is 1. The summed E-state index contributed by atoms with van der Waals surface area (Å²) in [4.78, 5) is 16.3. The van der Waals surface area contributed by atoms with Gasteiger partial charge in [-0.3, -0.25) is 0 Å². The molecule has 1 N–H and O–H groups in total. The molecule has 0 aromatic heterocycles. The molecule has 0 radical (unpaired) electrons. The molecule has 7 heteroatoms. The summed E-state index contributed by atoms with van der Waals surface area (Å²) in [6, 6.07) is 6.09. The number of oxime groups is 1. The highest BCUT2D eigenvalue weighted by Gasteiger charge is 2.40. The zero-order valence-corrected chi connectivity index (χ0v) is 14.5. The largest absolute Gasteiger partial charge is 0.477 e. The molecule has 0 amide bonds. The van der Waals surface area contributed by atoms with Gasteiger partial charge in [-0.15, -0.1) is 0 Å². The standard InChI is InChI=1S/C18H24FNO5/c1-13(15-6-8-16(19)9-7-15)20-25-10-4-3-5-14-11-23-18(2,17(21)22)24-12-14/h6-9,14H,3-5,10-12H2,1-2H3,(H,21,22)/b20-13-. The van der Waals surface area contributed by atoms with Gasteiger partial charge in [-0.25, -0.2) is 9.18 Å². The Morgan fingerprint density at radius 1 is 1.32 bits per heavy atom. The van der Waals surface area contributed by atoms with Crippen molar-refractivity contribution in [3.05, 3.63) is 35.6 Å². The lowest BCUT2D eigenvalue weighted by Gasteiger charge is -2.34. The maximum Gasteiger partial charge on any atom is 0.364 e. The Kier molecular flexibility index (Phi) is 6.90. The van der Waals surface area contributed by atoms with E-state index in [9.17, 15) is 9.18 Å². The molecule has 0 spiro atoms. The molecule has 0 bridgehead atoms. The van der Waals surface area contributed by atoms with Crippen LogP contribution in [0.1, 0.15) is 38.7 Å². The first kappa shape index (κ1) is 19.3. The van der Waals surface area contributed by atoms with Crippen LogP contribution in [0, 0.1) is 11.7 Å². The number of benzene rings is 1. The minimum atomic E-state index is -1.52. The van der Waals surface area contributed by atoms with Crippen LogP contribution in [0.3, 0.4) is 0 Å². The van der Waals surface area contributed by atoms with Gasteiger partial charge in [-0.2, -0.15) is 0 Å². The van der Waals surface area contributed by atoms with Crippen molar-refractivity contribution < 1.29 is 28.6 Å². The number of carbonyl (C=O) groups is 1. The van der Waals surface area contributed by atoms with Gasteiger partial charge in [0.25, 0.3) is 5.79 Å². The van der Waals surface area contributed by atoms with Crippen LogP contribution < -0.4 is 0 Å². The van der Waals surface area contributed by atoms with Gasteiger partial charge in [0.1, 0.15) is 12.4 Å². The van der Waals surface area contributed by atoms with Gasteiger partial charge in [0, 0.05) is 12.8 Å². The molecule has 1 fully saturated rings. The maximum atomic E-state index is 12.9. The molecule has 1 heterocycles. The van der Waals surface area contributed by atoms with Gasteiger partial charge in [-0.1, -0.05) is 17.3 Å². The van der Waals surface area contributed by atoms with E-state index in [1.807, 2.05) is 6.92 Å². The molecule has 138 valence electrons. The highest BCUT2D eigenvalue weighted by Crippen LogP contribution is 2.24. The summed E-state index contributed by atoms with van der Waals surface area (Å²) in [6.45, 7) is 4.47. The third kappa shape index (κ3) is 5.79. The van der Waals surface area contributed by atoms with Crippen molar-refractivity contribution in [1.29, 1.82) is 0 Å². The van der Waals surface area contributed by atoms with Gasteiger partial charge >= 0.3 is 5.97 Å². The van der Waals surface area contributed by atoms with E-state index in [-0.39, 0.29) is 11.7 Å². The fraction of sp³-hybridized carbons (Fsp3) is 0.556. The van der Waals surface area contributed by atoms with Crippen LogP contribution in [0.4, 0.5) is 4.39 Å². The Morgan fingerprint density at radius 3 is 2.56 bits per heavy atom. The van der Waals surface area contributed by atoms with E-state index in [1.54, 1.807) is 12.1 Å². The second-order valence-electron chi connectivity index (χ2n) is 6.25. The van der Waals surface area contributed by atoms with E-state index in [1.165, 1.54) is 19.1 Å². The molecule has 1 aliphatic heterocycles. The normalized spacial score (nSPS) is 24.1. The third-order valence-corrected chi connectivity index (χ3v) is 4.14. The van der Waals surface area contributed by atoms with Crippen molar-refractivity contribution in [2.45, 2.75) is 38.9 Å². The van der Waals surface area contributed by atoms with Crippen molar-refractivity contribution in [3.63, 3.8) is 0 Å². The molecule has 0 aliphatic carbocycles. The summed E-state index contributed by atoms with van der Waals surface area (Å²) in [5, 5.41) is 13.0. The quantitative estimate of drug-likeness (QED) is 0.441. The molecule has 1 aliphatic rings. The molecule has 0 saturated carbocycles. The number of carboxylic acid groups (broad SMARTS) is 1. The summed E-state index contributed by atoms with van der Waals surface area (Å²) in [5.74, 6) is -2.71. The second-order valence-corrected chi connectivity index (χ2v) is 6.25. The molecule has 0 atom stereocenters. The van der Waals surface area contributed by atoms with Gasteiger partial charge in [0.15, 0.2) is 0 Å². The van der Waals surface area contributed by atoms with Crippen molar-refractivity contribution in [1.82, 2.24) is 0 Å². The highest BCUT2D eigenvalue weighted by atomic mass is 19.1. The first-order valence-electron chi connectivity index (χ1n) is 8.34. The lowest BCUT2D eigenvalue weighted by molar-refractivity contribution is -0.271. The van der Waals surface area contributed by atoms with Crippen LogP contribution in [-0.4, -0.2) is 42.4 Å². The lowest BCUT2D eigenvalue weighted by atomic mass is 10.0. The predicted octanol–water partition coefficient (Wildman–Crippen LogP) is 3.20. The molecular formula is C18H24FNO5. The monoisotopic (exact) mass is 353 g/mol. The van der Waals surface area contributed by atoms with Gasteiger partial charge < -0.3 is 19.4 Å². The fourth-order valence-corrected chi connectivity index (χ4v) is 2.42. The molecular weight excluding hydrogens is 329 g/mol. The molecule has 25 heavy (non-hydrogen) atoms. The minimum Gasteiger partial charge on any atom is -0.477 e. The van der Waals surface area contributed by atoms with E-state index < -0.39 is 11.8 Å². The lowest BCUT2D eigenvalue weighted by Crippen LogP contribution is -2.47. The zero-order chi connectivity index (χ0) is 18.3. The topological polar surface area (TPSA) is 77.4 Å². The Bertz CT molecular complexity index is 594. The van der Waals surface area contributed by atoms with Crippen LogP contribution in [0.15, 0.2) is 29.4 Å². The molecule has 1 aromatic rings. The maximum absolute atomic E-state index is 12.9. The van der Waals surface area contributed by atoms with Crippen molar-refractivity contribution in [3.8, 4) is 0 Å². The average molecular weight is 353 g/mol. The number of halogens is 1. The van der Waals surface area contributed by atoms with E-state index in [4.69, 9.17) is 19.4 Å². The molecule has 6 nitrogen and oxygen atoms in total. The summed E-state index contributed by atoms with van der Waals surface area (Å²) in [7, 11) is 0. The van der Waals surface area contributed by atoms with Crippen LogP contribution in [0.5, 0.6) is 0 Å². The second kappa shape index (κ2) is 8.92. The number of ether oxygens (including phenoxy) is 2. The Hall–Kier alpha value is -1.99. The first-order valence-corrected chi connectivity index (χ1v) is 8.34. The third-order valence-electron chi connectivity index (χ3n) is 4.14. The molecule has 1 aromatic carbocycles. The zero-order valence-electron chi connectivity index (χ0n) is 14.5. The Labute approximate surface area is 146 Å². The van der Waals surface area contributed by atoms with Gasteiger partial charge in [-0.05, 0) is 43.9 Å². The van der Waals surface area contributed by atoms with E-state index in [2.05, 4.69) is 5.16 Å². The van der Waals surface area contributed by atoms with Gasteiger partial charge in [0.2, 0.25) is 0 Å². The molecule has 2 rings (SSSR count). The van der Waals surface area contributed by atoms with Crippen LogP contribution in [0.25, 0.3) is 0 Å². The fourth-order valence-electron chi connectivity index (χ4n) is 2.42. The summed E-state index contributed by atoms with van der Waals surface area (Å²) >= 11 is 0. The summed E-state index contributed by atoms with van der Waals surface area (Å²) in [6.07, 6.45) is 2.61. The average Bonchev–Trinajstić information content (AvgIpc) is 2.60. The van der Waals surface area contributed by atoms with Crippen molar-refractivity contribution in [2.24, 2.45) is 11.1 Å². The van der Waals surface area contributed by atoms with Crippen LogP contribution in [0.2, 0.25) is 0 Å². The molecule has 1 saturated heterocycles. The Morgan fingerprint density at radius 2 is 1.96 bits per heavy atom. The number of hydrogen-bond donors (Lipinski definition) is 1. The SMILES string of the molecule is C/C(=N/OCCCCC1COC(C)(C(=O)O)OC1)c1ccc(F)cc1. The first-order chi connectivity index (χ1) is 11.9. The smallest absolute Gasteiger partial charge is 0.364 e.